The molecule has 0 radical (unpaired) electrons. The van der Waals surface area contributed by atoms with Crippen LogP contribution < -0.4 is 15.5 Å². The van der Waals surface area contributed by atoms with Crippen LogP contribution in [-0.2, 0) is 0 Å². The second-order valence-corrected chi connectivity index (χ2v) is 7.93. The lowest BCUT2D eigenvalue weighted by Crippen LogP contribution is -2.42. The molecule has 1 fully saturated rings. The molecular formula is C22H24N6O2. The molecule has 2 aromatic heterocycles. The lowest BCUT2D eigenvalue weighted by atomic mass is 10.0. The van der Waals surface area contributed by atoms with E-state index in [-0.39, 0.29) is 5.91 Å². The van der Waals surface area contributed by atoms with Crippen molar-refractivity contribution < 1.29 is 9.21 Å². The van der Waals surface area contributed by atoms with Gasteiger partial charge < -0.3 is 24.9 Å². The molecule has 0 atom stereocenters. The molecule has 1 amide bonds. The summed E-state index contributed by atoms with van der Waals surface area (Å²) in [6, 6.07) is 8.13. The minimum absolute atomic E-state index is 0.228. The normalized spacial score (nSPS) is 16.8. The second kappa shape index (κ2) is 7.46. The third-order valence-electron chi connectivity index (χ3n) is 5.95. The zero-order chi connectivity index (χ0) is 20.7. The number of furan rings is 1. The molecular weight excluding hydrogens is 380 g/mol. The van der Waals surface area contributed by atoms with Crippen molar-refractivity contribution in [3.63, 3.8) is 0 Å². The zero-order valence-electron chi connectivity index (χ0n) is 17.1. The first-order chi connectivity index (χ1) is 14.6. The first-order valence-electron chi connectivity index (χ1n) is 10.1. The smallest absolute Gasteiger partial charge is 0.261 e. The van der Waals surface area contributed by atoms with Gasteiger partial charge in [0.2, 0.25) is 5.95 Å². The Hall–Kier alpha value is -3.39. The Morgan fingerprint density at radius 2 is 1.97 bits per heavy atom. The van der Waals surface area contributed by atoms with E-state index in [1.165, 1.54) is 0 Å². The van der Waals surface area contributed by atoms with Gasteiger partial charge in [-0.3, -0.25) is 4.79 Å². The van der Waals surface area contributed by atoms with Gasteiger partial charge in [-0.2, -0.15) is 4.98 Å². The van der Waals surface area contributed by atoms with Gasteiger partial charge in [-0.15, -0.1) is 0 Å². The second-order valence-electron chi connectivity index (χ2n) is 7.93. The van der Waals surface area contributed by atoms with Crippen molar-refractivity contribution in [1.82, 2.24) is 14.9 Å². The average Bonchev–Trinajstić information content (AvgIpc) is 3.25. The molecule has 30 heavy (non-hydrogen) atoms. The van der Waals surface area contributed by atoms with Crippen molar-refractivity contribution in [2.45, 2.75) is 18.9 Å². The highest BCUT2D eigenvalue weighted by molar-refractivity contribution is 6.11. The van der Waals surface area contributed by atoms with Crippen LogP contribution in [0.5, 0.6) is 0 Å². The Morgan fingerprint density at radius 1 is 1.13 bits per heavy atom. The number of anilines is 4. The maximum Gasteiger partial charge on any atom is 0.261 e. The lowest BCUT2D eigenvalue weighted by molar-refractivity contribution is 0.102. The van der Waals surface area contributed by atoms with E-state index in [0.717, 1.165) is 42.7 Å². The van der Waals surface area contributed by atoms with Crippen LogP contribution in [0.1, 0.15) is 23.2 Å². The molecule has 5 rings (SSSR count). The molecule has 2 aliphatic rings. The first-order valence-corrected chi connectivity index (χ1v) is 10.1. The molecule has 4 heterocycles. The Bertz CT molecular complexity index is 1070. The lowest BCUT2D eigenvalue weighted by Gasteiger charge is -2.35. The molecule has 0 bridgehead atoms. The van der Waals surface area contributed by atoms with E-state index in [1.807, 2.05) is 31.3 Å². The van der Waals surface area contributed by atoms with Crippen molar-refractivity contribution in [2.75, 3.05) is 42.7 Å². The molecule has 0 aliphatic carbocycles. The summed E-state index contributed by atoms with van der Waals surface area (Å²) in [5, 5.41) is 6.29. The van der Waals surface area contributed by atoms with Crippen LogP contribution in [0.25, 0.3) is 11.1 Å². The Labute approximate surface area is 174 Å². The first kappa shape index (κ1) is 18.6. The number of piperidine rings is 1. The van der Waals surface area contributed by atoms with E-state index in [2.05, 4.69) is 32.5 Å². The largest absolute Gasteiger partial charge is 0.472 e. The summed E-state index contributed by atoms with van der Waals surface area (Å²) in [7, 11) is 4.17. The van der Waals surface area contributed by atoms with Gasteiger partial charge in [0, 0.05) is 24.8 Å². The number of likely N-dealkylation sites (tertiary alicyclic amines) is 1. The SMILES string of the molecule is CN1CCC(N(C)c2ncc3c(n2)Nc2ccc(-c4ccoc4)cc2NC3=O)CC1. The third kappa shape index (κ3) is 3.39. The van der Waals surface area contributed by atoms with Gasteiger partial charge in [-0.1, -0.05) is 6.07 Å². The molecule has 0 unspecified atom stereocenters. The highest BCUT2D eigenvalue weighted by Gasteiger charge is 2.26. The molecule has 3 aromatic rings. The summed E-state index contributed by atoms with van der Waals surface area (Å²) in [5.41, 5.74) is 3.83. The van der Waals surface area contributed by atoms with E-state index >= 15 is 0 Å². The molecule has 1 aromatic carbocycles. The van der Waals surface area contributed by atoms with Gasteiger partial charge in [0.05, 0.1) is 23.9 Å². The predicted octanol–water partition coefficient (Wildman–Crippen LogP) is 3.58. The van der Waals surface area contributed by atoms with Gasteiger partial charge in [0.25, 0.3) is 5.91 Å². The number of nitrogens with zero attached hydrogens (tertiary/aromatic N) is 4. The standard InChI is InChI=1S/C22H24N6O2/c1-27-8-5-16(6-9-27)28(2)22-23-12-17-20(26-22)24-18-4-3-14(15-7-10-30-13-15)11-19(18)25-21(17)29/h3-4,7,10-13,16H,5-6,8-9H2,1-2H3,(H,25,29)(H,23,24,26). The van der Waals surface area contributed by atoms with E-state index in [0.29, 0.717) is 29.1 Å². The van der Waals surface area contributed by atoms with E-state index in [9.17, 15) is 4.79 Å². The van der Waals surface area contributed by atoms with Crippen LogP contribution >= 0.6 is 0 Å². The molecule has 1 saturated heterocycles. The fraction of sp³-hybridized carbons (Fsp3) is 0.318. The minimum Gasteiger partial charge on any atom is -0.472 e. The highest BCUT2D eigenvalue weighted by atomic mass is 16.3. The summed E-state index contributed by atoms with van der Waals surface area (Å²) in [5.74, 6) is 0.920. The zero-order valence-corrected chi connectivity index (χ0v) is 17.1. The fourth-order valence-electron chi connectivity index (χ4n) is 4.03. The van der Waals surface area contributed by atoms with E-state index in [4.69, 9.17) is 9.40 Å². The minimum atomic E-state index is -0.228. The number of carbonyl (C=O) groups excluding carboxylic acids is 1. The Balaban J connectivity index is 1.44. The number of fused-ring (bicyclic) bond motifs is 2. The number of rotatable bonds is 3. The molecule has 0 spiro atoms. The van der Waals surface area contributed by atoms with E-state index in [1.54, 1.807) is 18.7 Å². The molecule has 8 nitrogen and oxygen atoms in total. The summed E-state index contributed by atoms with van der Waals surface area (Å²) in [4.78, 5) is 26.5. The Morgan fingerprint density at radius 3 is 2.73 bits per heavy atom. The van der Waals surface area contributed by atoms with Crippen molar-refractivity contribution in [3.05, 3.63) is 48.6 Å². The van der Waals surface area contributed by atoms with E-state index < -0.39 is 0 Å². The topological polar surface area (TPSA) is 86.5 Å². The number of benzene rings is 1. The summed E-state index contributed by atoms with van der Waals surface area (Å²) >= 11 is 0. The van der Waals surface area contributed by atoms with Crippen molar-refractivity contribution in [3.8, 4) is 11.1 Å². The summed E-state index contributed by atoms with van der Waals surface area (Å²) in [6.45, 7) is 2.12. The predicted molar refractivity (Wildman–Crippen MR) is 116 cm³/mol. The number of nitrogens with one attached hydrogen (secondary N) is 2. The van der Waals surface area contributed by atoms with Crippen LogP contribution in [0, 0.1) is 0 Å². The molecule has 154 valence electrons. The van der Waals surface area contributed by atoms with Gasteiger partial charge in [0.1, 0.15) is 11.4 Å². The maximum absolute atomic E-state index is 12.8. The number of amides is 1. The van der Waals surface area contributed by atoms with Crippen LogP contribution in [-0.4, -0.2) is 54.0 Å². The monoisotopic (exact) mass is 404 g/mol. The molecule has 0 saturated carbocycles. The maximum atomic E-state index is 12.8. The van der Waals surface area contributed by atoms with Crippen molar-refractivity contribution in [2.24, 2.45) is 0 Å². The average molecular weight is 404 g/mol. The van der Waals surface area contributed by atoms with Gasteiger partial charge in [-0.05, 0) is 56.7 Å². The third-order valence-corrected chi connectivity index (χ3v) is 5.95. The van der Waals surface area contributed by atoms with Crippen molar-refractivity contribution in [1.29, 1.82) is 0 Å². The van der Waals surface area contributed by atoms with Gasteiger partial charge in [0.15, 0.2) is 0 Å². The quantitative estimate of drug-likeness (QED) is 0.690. The van der Waals surface area contributed by atoms with Gasteiger partial charge >= 0.3 is 0 Å². The van der Waals surface area contributed by atoms with Gasteiger partial charge in [-0.25, -0.2) is 4.98 Å². The molecule has 8 heteroatoms. The van der Waals surface area contributed by atoms with Crippen LogP contribution in [0.2, 0.25) is 0 Å². The molecule has 2 N–H and O–H groups in total. The van der Waals surface area contributed by atoms with Crippen LogP contribution in [0.15, 0.2) is 47.4 Å². The number of hydrogen-bond donors (Lipinski definition) is 2. The summed E-state index contributed by atoms with van der Waals surface area (Å²) < 4.78 is 5.17. The molecule has 2 aliphatic heterocycles. The van der Waals surface area contributed by atoms with Crippen molar-refractivity contribution >= 4 is 29.0 Å². The number of carbonyl (C=O) groups is 1. The summed E-state index contributed by atoms with van der Waals surface area (Å²) in [6.07, 6.45) is 7.06. The highest BCUT2D eigenvalue weighted by Crippen LogP contribution is 2.35. The number of aromatic nitrogens is 2. The fourth-order valence-corrected chi connectivity index (χ4v) is 4.03. The number of hydrogen-bond acceptors (Lipinski definition) is 7. The Kier molecular flexibility index (Phi) is 4.63. The van der Waals surface area contributed by atoms with Crippen LogP contribution in [0.3, 0.4) is 0 Å². The van der Waals surface area contributed by atoms with Crippen LogP contribution in [0.4, 0.5) is 23.1 Å².